The SMILES string of the molecule is CC#N.CC#N.CC#N.CC(=O)[O-].COc1c(C)cnc(CN(Cc2ncc(C)c(OC)c2C)Cc2ncc(C)c(OC)c2C)c1C.COc1c(C)cnc(CN(Cc2ncc(C)c(OC)c2C)Cc2ncc(C)c(OC)c2C)c1C.[Fe+4].[Fe+4].[O-2].[O-][Cl+3]([O-])([O-])[O-].[O-][Cl+3]([O-])([O-])[O-].[O-][Cl+3]([O-])([O-])[O-]. The van der Waals surface area contributed by atoms with Crippen molar-refractivity contribution < 1.29 is 165 Å². The smallest absolute Gasteiger partial charge is 2.00 e. The second-order valence-corrected chi connectivity index (χ2v) is 22.1. The Morgan fingerprint density at radius 3 is 0.525 bits per heavy atom. The van der Waals surface area contributed by atoms with Crippen molar-refractivity contribution in [1.29, 1.82) is 15.8 Å². The van der Waals surface area contributed by atoms with Crippen LogP contribution in [0.4, 0.5) is 0 Å². The molecular weight excluding hydrogens is 1450 g/mol. The van der Waals surface area contributed by atoms with E-state index in [1.165, 1.54) is 20.8 Å². The van der Waals surface area contributed by atoms with Gasteiger partial charge >= 0.3 is 34.1 Å². The predicted molar refractivity (Wildman–Crippen MR) is 313 cm³/mol. The summed E-state index contributed by atoms with van der Waals surface area (Å²) in [5.74, 6) is 4.18. The number of nitriles is 3. The minimum Gasteiger partial charge on any atom is -2.00 e. The number of aromatic nitrogens is 6. The molecule has 32 nitrogen and oxygen atoms in total. The van der Waals surface area contributed by atoms with Crippen LogP contribution in [0.1, 0.15) is 129 Å². The van der Waals surface area contributed by atoms with Gasteiger partial charge in [0.1, 0.15) is 34.5 Å². The Morgan fingerprint density at radius 1 is 0.354 bits per heavy atom. The van der Waals surface area contributed by atoms with Crippen LogP contribution in [0, 0.1) is 148 Å². The Balaban J connectivity index is -0.000000309. The Hall–Kier alpha value is -7.05. The summed E-state index contributed by atoms with van der Waals surface area (Å²) >= 11 is 0. The van der Waals surface area contributed by atoms with Crippen LogP contribution < -0.4 is 89.4 Å². The van der Waals surface area contributed by atoms with E-state index in [1.807, 2.05) is 78.7 Å². The van der Waals surface area contributed by atoms with Crippen molar-refractivity contribution in [2.75, 3.05) is 42.7 Å². The van der Waals surface area contributed by atoms with Gasteiger partial charge < -0.3 is 43.8 Å². The molecule has 0 spiro atoms. The zero-order valence-corrected chi connectivity index (χ0v) is 63.5. The van der Waals surface area contributed by atoms with Gasteiger partial charge in [-0.05, 0) is 90.0 Å². The maximum absolute atomic E-state index is 8.89. The third kappa shape index (κ3) is 42.0. The molecule has 37 heteroatoms. The monoisotopic (exact) mass is 1540 g/mol. The molecule has 0 saturated carbocycles. The van der Waals surface area contributed by atoms with Crippen molar-refractivity contribution in [3.8, 4) is 52.7 Å². The maximum atomic E-state index is 8.89. The fourth-order valence-corrected chi connectivity index (χ4v) is 8.99. The molecule has 0 unspecified atom stereocenters. The van der Waals surface area contributed by atoms with Crippen molar-refractivity contribution in [2.24, 2.45) is 0 Å². The molecule has 0 saturated heterocycles. The summed E-state index contributed by atoms with van der Waals surface area (Å²) in [5.41, 5.74) is 18.2. The largest absolute Gasteiger partial charge is 4.00 e. The number of pyridine rings is 6. The molecule has 0 radical (unpaired) electrons. The molecule has 0 bridgehead atoms. The molecule has 0 aliphatic rings. The molecule has 6 aromatic rings. The molecule has 0 fully saturated rings. The number of carboxylic acid groups (broad SMARTS) is 1. The number of carbonyl (C=O) groups is 1. The number of halogens is 3. The zero-order chi connectivity index (χ0) is 75.2. The topological polar surface area (TPSA) is 556 Å². The number of rotatable bonds is 18. The molecular formula is C62H84Cl3Fe2N11O21+2. The van der Waals surface area contributed by atoms with E-state index in [2.05, 4.69) is 51.3 Å². The van der Waals surface area contributed by atoms with Crippen molar-refractivity contribution in [3.63, 3.8) is 0 Å². The number of carbonyl (C=O) groups excluding carboxylic acids is 1. The molecule has 0 aliphatic carbocycles. The first-order chi connectivity index (χ1) is 44.4. The molecule has 99 heavy (non-hydrogen) atoms. The van der Waals surface area contributed by atoms with Gasteiger partial charge in [-0.2, -0.15) is 15.8 Å². The second kappa shape index (κ2) is 52.0. The van der Waals surface area contributed by atoms with Gasteiger partial charge in [-0.15, -0.1) is 30.7 Å². The Morgan fingerprint density at radius 2 is 0.444 bits per heavy atom. The first kappa shape index (κ1) is 103. The van der Waals surface area contributed by atoms with E-state index in [1.54, 1.807) is 60.9 Å². The molecule has 0 atom stereocenters. The summed E-state index contributed by atoms with van der Waals surface area (Å²) < 4.78 is 136. The van der Waals surface area contributed by atoms with Gasteiger partial charge in [0.05, 0.1) is 95.0 Å². The predicted octanol–water partition coefficient (Wildman–Crippen LogP) is -4.15. The molecule has 0 aliphatic heterocycles. The number of methoxy groups -OCH3 is 6. The van der Waals surface area contributed by atoms with Crippen LogP contribution in [0.5, 0.6) is 34.5 Å². The van der Waals surface area contributed by atoms with E-state index in [0.29, 0.717) is 39.3 Å². The average molecular weight is 1540 g/mol. The number of hydrogen-bond acceptors (Lipinski definition) is 31. The van der Waals surface area contributed by atoms with Gasteiger partial charge in [-0.25, -0.2) is 55.9 Å². The summed E-state index contributed by atoms with van der Waals surface area (Å²) in [6.07, 6.45) is 11.2. The first-order valence-corrected chi connectivity index (χ1v) is 31.4. The van der Waals surface area contributed by atoms with E-state index in [9.17, 15) is 0 Å². The number of nitrogens with zero attached hydrogens (tertiary/aromatic N) is 11. The Bertz CT molecular complexity index is 2960. The van der Waals surface area contributed by atoms with Crippen LogP contribution in [0.15, 0.2) is 37.2 Å². The normalized spacial score (nSPS) is 9.95. The van der Waals surface area contributed by atoms with Crippen LogP contribution in [0.3, 0.4) is 0 Å². The Kier molecular flexibility index (Phi) is 54.1. The molecule has 6 rings (SSSR count). The molecule has 0 N–H and O–H groups in total. The first-order valence-electron chi connectivity index (χ1n) is 27.7. The van der Waals surface area contributed by atoms with Gasteiger partial charge in [-0.1, -0.05) is 0 Å². The third-order valence-corrected chi connectivity index (χ3v) is 12.7. The zero-order valence-electron chi connectivity index (χ0n) is 59.0. The van der Waals surface area contributed by atoms with Gasteiger partial charge in [0.15, 0.2) is 0 Å². The van der Waals surface area contributed by atoms with Crippen molar-refractivity contribution in [2.45, 2.75) is 150 Å². The van der Waals surface area contributed by atoms with E-state index >= 15 is 0 Å². The number of carboxylic acids is 1. The Labute approximate surface area is 606 Å². The summed E-state index contributed by atoms with van der Waals surface area (Å²) in [6, 6.07) is 5.25. The number of hydrogen-bond donors (Lipinski definition) is 0. The summed E-state index contributed by atoms with van der Waals surface area (Å²) in [4.78, 5) is 41.9. The average Bonchev–Trinajstić information content (AvgIpc) is 0.819. The molecule has 6 aromatic heterocycles. The van der Waals surface area contributed by atoms with Gasteiger partial charge in [-0.3, -0.25) is 39.7 Å². The second-order valence-electron chi connectivity index (χ2n) is 19.9. The van der Waals surface area contributed by atoms with Gasteiger partial charge in [0.2, 0.25) is 0 Å². The van der Waals surface area contributed by atoms with Gasteiger partial charge in [0.25, 0.3) is 0 Å². The summed E-state index contributed by atoms with van der Waals surface area (Å²) in [6.45, 7) is 33.4. The minimum atomic E-state index is -4.94. The molecule has 0 amide bonds. The van der Waals surface area contributed by atoms with Crippen LogP contribution in [-0.4, -0.2) is 88.3 Å². The maximum Gasteiger partial charge on any atom is 4.00 e. The number of aryl methyl sites for hydroxylation is 6. The fraction of sp³-hybridized carbons (Fsp3) is 0.452. The standard InChI is InChI=1S/2C27H36N4O3.3C2H3N.C2H4O2.3ClHO4.2Fe.O/c2*1-16-10-28-22(19(4)25(16)32-7)13-31(14-23-20(5)26(33-8)17(2)11-29-23)15-24-21(6)27(34-9)18(3)12-30-24;3*1-2-3;1-2(3)4;3*2-1(3,4)5;;;/h2*10-12H,13-15H2,1-9H3;3*1H3;1H3,(H,3,4);3*(H,2,3,4,5);;;/q;;;;;;;;;2*+4;-2/p-4. The van der Waals surface area contributed by atoms with Crippen LogP contribution >= 0.6 is 0 Å². The van der Waals surface area contributed by atoms with Gasteiger partial charge in [0, 0.05) is 170 Å². The fourth-order valence-electron chi connectivity index (χ4n) is 8.99. The summed E-state index contributed by atoms with van der Waals surface area (Å²) in [7, 11) is -4.62. The van der Waals surface area contributed by atoms with Crippen LogP contribution in [0.2, 0.25) is 0 Å². The van der Waals surface area contributed by atoms with E-state index in [-0.39, 0.29) is 39.6 Å². The molecule has 6 heterocycles. The van der Waals surface area contributed by atoms with E-state index in [0.717, 1.165) is 142 Å². The van der Waals surface area contributed by atoms with E-state index in [4.69, 9.17) is 140 Å². The van der Waals surface area contributed by atoms with Crippen molar-refractivity contribution in [1.82, 2.24) is 39.7 Å². The van der Waals surface area contributed by atoms with Crippen molar-refractivity contribution >= 4 is 5.97 Å². The molecule has 0 aromatic carbocycles. The van der Waals surface area contributed by atoms with Crippen LogP contribution in [-0.2, 0) is 83.7 Å². The van der Waals surface area contributed by atoms with Crippen LogP contribution in [0.25, 0.3) is 0 Å². The van der Waals surface area contributed by atoms with Crippen molar-refractivity contribution in [3.05, 3.63) is 138 Å². The molecule has 548 valence electrons. The number of ether oxygens (including phenoxy) is 6. The quantitative estimate of drug-likeness (QED) is 0.0737. The minimum absolute atomic E-state index is 0. The third-order valence-electron chi connectivity index (χ3n) is 12.7. The number of aliphatic carboxylic acids is 1. The summed E-state index contributed by atoms with van der Waals surface area (Å²) in [5, 5.41) is 30.8. The van der Waals surface area contributed by atoms with E-state index < -0.39 is 36.7 Å².